The Morgan fingerprint density at radius 3 is 3.00 bits per heavy atom. The Kier molecular flexibility index (Phi) is 2.15. The molecule has 2 rings (SSSR count). The third kappa shape index (κ3) is 1.26. The number of nitrogens with zero attached hydrogens (tertiary/aromatic N) is 2. The van der Waals surface area contributed by atoms with Crippen LogP contribution in [0.4, 0.5) is 0 Å². The molecular formula is C10H15N3O. The van der Waals surface area contributed by atoms with Crippen molar-refractivity contribution in [1.29, 1.82) is 0 Å². The molecule has 0 saturated heterocycles. The highest BCUT2D eigenvalue weighted by Crippen LogP contribution is 2.20. The predicted octanol–water partition coefficient (Wildman–Crippen LogP) is 0.668. The summed E-state index contributed by atoms with van der Waals surface area (Å²) < 4.78 is 2.01. The molecule has 1 atom stereocenters. The molecule has 0 amide bonds. The van der Waals surface area contributed by atoms with E-state index < -0.39 is 6.04 Å². The van der Waals surface area contributed by atoms with Crippen molar-refractivity contribution in [1.82, 2.24) is 9.55 Å². The van der Waals surface area contributed by atoms with Gasteiger partial charge in [-0.25, -0.2) is 4.98 Å². The van der Waals surface area contributed by atoms with E-state index in [1.165, 1.54) is 0 Å². The number of fused-ring (bicyclic) bond motifs is 1. The molecule has 14 heavy (non-hydrogen) atoms. The highest BCUT2D eigenvalue weighted by molar-refractivity contribution is 5.99. The summed E-state index contributed by atoms with van der Waals surface area (Å²) in [5.41, 5.74) is 7.14. The van der Waals surface area contributed by atoms with Crippen molar-refractivity contribution in [2.75, 3.05) is 0 Å². The predicted molar refractivity (Wildman–Crippen MR) is 53.3 cm³/mol. The molecule has 0 aromatic carbocycles. The second-order valence-electron chi connectivity index (χ2n) is 3.87. The molecule has 1 aliphatic rings. The lowest BCUT2D eigenvalue weighted by molar-refractivity contribution is 0.0958. The van der Waals surface area contributed by atoms with Crippen molar-refractivity contribution in [2.45, 2.75) is 39.3 Å². The second-order valence-corrected chi connectivity index (χ2v) is 3.87. The molecule has 2 N–H and O–H groups in total. The van der Waals surface area contributed by atoms with Crippen LogP contribution in [0.1, 0.15) is 35.4 Å². The summed E-state index contributed by atoms with van der Waals surface area (Å²) in [4.78, 5) is 16.2. The Bertz CT molecular complexity index is 379. The number of Topliss-reactive ketones (excluding diaryl/α,β-unsaturated/α-hetero) is 1. The SMILES string of the molecule is Cc1nc2n(c1C(=O)C(C)N)CCC2. The van der Waals surface area contributed by atoms with Gasteiger partial charge in [-0.15, -0.1) is 0 Å². The first kappa shape index (κ1) is 9.40. The normalized spacial score (nSPS) is 16.8. The van der Waals surface area contributed by atoms with E-state index in [9.17, 15) is 4.79 Å². The minimum absolute atomic E-state index is 0.00292. The molecule has 1 unspecified atom stereocenters. The minimum atomic E-state index is -0.435. The van der Waals surface area contributed by atoms with Gasteiger partial charge in [-0.05, 0) is 20.3 Å². The van der Waals surface area contributed by atoms with E-state index in [1.54, 1.807) is 6.92 Å². The Morgan fingerprint density at radius 2 is 2.36 bits per heavy atom. The molecule has 1 aromatic heterocycles. The molecule has 4 heteroatoms. The fraction of sp³-hybridized carbons (Fsp3) is 0.600. The molecule has 2 heterocycles. The van der Waals surface area contributed by atoms with E-state index in [0.717, 1.165) is 30.9 Å². The quantitative estimate of drug-likeness (QED) is 0.702. The molecule has 1 aromatic rings. The lowest BCUT2D eigenvalue weighted by atomic mass is 10.1. The lowest BCUT2D eigenvalue weighted by Crippen LogP contribution is -2.29. The number of hydrogen-bond donors (Lipinski definition) is 1. The first-order chi connectivity index (χ1) is 6.61. The fourth-order valence-electron chi connectivity index (χ4n) is 1.99. The van der Waals surface area contributed by atoms with Gasteiger partial charge in [-0.3, -0.25) is 4.79 Å². The van der Waals surface area contributed by atoms with Crippen LogP contribution in [-0.2, 0) is 13.0 Å². The zero-order chi connectivity index (χ0) is 10.3. The van der Waals surface area contributed by atoms with E-state index in [2.05, 4.69) is 4.98 Å². The average molecular weight is 193 g/mol. The van der Waals surface area contributed by atoms with Crippen molar-refractivity contribution in [3.8, 4) is 0 Å². The lowest BCUT2D eigenvalue weighted by Gasteiger charge is -2.07. The summed E-state index contributed by atoms with van der Waals surface area (Å²) in [7, 11) is 0. The average Bonchev–Trinajstić information content (AvgIpc) is 2.62. The zero-order valence-electron chi connectivity index (χ0n) is 8.58. The molecule has 4 nitrogen and oxygen atoms in total. The Morgan fingerprint density at radius 1 is 1.64 bits per heavy atom. The maximum atomic E-state index is 11.8. The maximum Gasteiger partial charge on any atom is 0.197 e. The molecule has 0 radical (unpaired) electrons. The molecule has 76 valence electrons. The molecule has 0 spiro atoms. The Hall–Kier alpha value is -1.16. The molecule has 0 saturated carbocycles. The van der Waals surface area contributed by atoms with Crippen molar-refractivity contribution >= 4 is 5.78 Å². The van der Waals surface area contributed by atoms with E-state index >= 15 is 0 Å². The van der Waals surface area contributed by atoms with Crippen LogP contribution in [0.15, 0.2) is 0 Å². The largest absolute Gasteiger partial charge is 0.325 e. The van der Waals surface area contributed by atoms with E-state index in [0.29, 0.717) is 5.69 Å². The van der Waals surface area contributed by atoms with Gasteiger partial charge < -0.3 is 10.3 Å². The van der Waals surface area contributed by atoms with Crippen LogP contribution < -0.4 is 5.73 Å². The first-order valence-corrected chi connectivity index (χ1v) is 4.97. The Labute approximate surface area is 83.1 Å². The van der Waals surface area contributed by atoms with Crippen LogP contribution in [0.3, 0.4) is 0 Å². The number of aromatic nitrogens is 2. The standard InChI is InChI=1S/C10H15N3O/c1-6(11)10(14)9-7(2)12-8-4-3-5-13(8)9/h6H,3-5,11H2,1-2H3. The van der Waals surface area contributed by atoms with Crippen molar-refractivity contribution in [3.63, 3.8) is 0 Å². The van der Waals surface area contributed by atoms with Crippen LogP contribution in [0.2, 0.25) is 0 Å². The number of rotatable bonds is 2. The number of carbonyl (C=O) groups excluding carboxylic acids is 1. The third-order valence-electron chi connectivity index (χ3n) is 2.65. The van der Waals surface area contributed by atoms with Crippen molar-refractivity contribution in [2.24, 2.45) is 5.73 Å². The number of imidazole rings is 1. The summed E-state index contributed by atoms with van der Waals surface area (Å²) in [6, 6.07) is -0.435. The number of hydrogen-bond acceptors (Lipinski definition) is 3. The molecule has 0 aliphatic carbocycles. The summed E-state index contributed by atoms with van der Waals surface area (Å²) in [5.74, 6) is 1.04. The highest BCUT2D eigenvalue weighted by atomic mass is 16.1. The molecule has 1 aliphatic heterocycles. The molecule has 0 fully saturated rings. The number of carbonyl (C=O) groups is 1. The monoisotopic (exact) mass is 193 g/mol. The number of nitrogens with two attached hydrogens (primary N) is 1. The van der Waals surface area contributed by atoms with Crippen LogP contribution >= 0.6 is 0 Å². The summed E-state index contributed by atoms with van der Waals surface area (Å²) in [5, 5.41) is 0. The van der Waals surface area contributed by atoms with Gasteiger partial charge in [0.15, 0.2) is 5.78 Å². The molecule has 0 bridgehead atoms. The van der Waals surface area contributed by atoms with Gasteiger partial charge in [0.1, 0.15) is 11.5 Å². The Balaban J connectivity index is 2.47. The van der Waals surface area contributed by atoms with Gasteiger partial charge in [-0.1, -0.05) is 0 Å². The number of ketones is 1. The van der Waals surface area contributed by atoms with E-state index in [1.807, 2.05) is 11.5 Å². The van der Waals surface area contributed by atoms with Crippen LogP contribution in [0.25, 0.3) is 0 Å². The maximum absolute atomic E-state index is 11.8. The fourth-order valence-corrected chi connectivity index (χ4v) is 1.99. The van der Waals surface area contributed by atoms with Crippen LogP contribution in [0, 0.1) is 6.92 Å². The van der Waals surface area contributed by atoms with E-state index in [4.69, 9.17) is 5.73 Å². The smallest absolute Gasteiger partial charge is 0.197 e. The highest BCUT2D eigenvalue weighted by Gasteiger charge is 2.24. The second kappa shape index (κ2) is 3.20. The van der Waals surface area contributed by atoms with Crippen LogP contribution in [-0.4, -0.2) is 21.4 Å². The van der Waals surface area contributed by atoms with Gasteiger partial charge >= 0.3 is 0 Å². The van der Waals surface area contributed by atoms with Gasteiger partial charge in [0.05, 0.1) is 11.7 Å². The van der Waals surface area contributed by atoms with E-state index in [-0.39, 0.29) is 5.78 Å². The van der Waals surface area contributed by atoms with Gasteiger partial charge in [0.25, 0.3) is 0 Å². The van der Waals surface area contributed by atoms with Crippen molar-refractivity contribution < 1.29 is 4.79 Å². The third-order valence-corrected chi connectivity index (χ3v) is 2.65. The topological polar surface area (TPSA) is 60.9 Å². The zero-order valence-corrected chi connectivity index (χ0v) is 8.58. The van der Waals surface area contributed by atoms with Gasteiger partial charge in [0, 0.05) is 13.0 Å². The first-order valence-electron chi connectivity index (χ1n) is 4.97. The summed E-state index contributed by atoms with van der Waals surface area (Å²) in [6.07, 6.45) is 2.06. The summed E-state index contributed by atoms with van der Waals surface area (Å²) >= 11 is 0. The summed E-state index contributed by atoms with van der Waals surface area (Å²) in [6.45, 7) is 4.50. The van der Waals surface area contributed by atoms with Gasteiger partial charge in [0.2, 0.25) is 0 Å². The number of aryl methyl sites for hydroxylation is 2. The van der Waals surface area contributed by atoms with Crippen molar-refractivity contribution in [3.05, 3.63) is 17.2 Å². The van der Waals surface area contributed by atoms with Crippen LogP contribution in [0.5, 0.6) is 0 Å². The molecular weight excluding hydrogens is 178 g/mol. The van der Waals surface area contributed by atoms with Gasteiger partial charge in [-0.2, -0.15) is 0 Å². The minimum Gasteiger partial charge on any atom is -0.325 e.